The van der Waals surface area contributed by atoms with Gasteiger partial charge in [0.25, 0.3) is 0 Å². The lowest BCUT2D eigenvalue weighted by Crippen LogP contribution is -2.63. The van der Waals surface area contributed by atoms with E-state index in [-0.39, 0.29) is 66.3 Å². The van der Waals surface area contributed by atoms with Gasteiger partial charge < -0.3 is 14.2 Å². The van der Waals surface area contributed by atoms with Gasteiger partial charge >= 0.3 is 18.1 Å². The van der Waals surface area contributed by atoms with Gasteiger partial charge in [-0.2, -0.15) is 13.2 Å². The molecule has 1 amide bonds. The van der Waals surface area contributed by atoms with Crippen LogP contribution in [0, 0.1) is 11.8 Å². The normalized spacial score (nSPS) is 22.6. The van der Waals surface area contributed by atoms with Crippen LogP contribution in [-0.4, -0.2) is 63.9 Å². The summed E-state index contributed by atoms with van der Waals surface area (Å²) in [6.45, 7) is 5.17. The number of pyridine rings is 1. The number of alkyl halides is 3. The van der Waals surface area contributed by atoms with Crippen molar-refractivity contribution in [2.24, 2.45) is 11.8 Å². The number of aromatic nitrogens is 1. The average molecular weight is 896 g/mol. The fourth-order valence-corrected chi connectivity index (χ4v) is 11.4. The zero-order valence-corrected chi connectivity index (χ0v) is 36.8. The number of carbonyl (C=O) groups excluding carboxylic acids is 2. The smallest absolute Gasteiger partial charge is 0.471 e. The number of halogens is 4. The Bertz CT molecular complexity index is 2360. The van der Waals surface area contributed by atoms with E-state index in [2.05, 4.69) is 23.6 Å². The molecule has 1 fully saturated rings. The Hall–Kier alpha value is -4.66. The fraction of sp³-hybridized carbons (Fsp3) is 0.468. The third-order valence-corrected chi connectivity index (χ3v) is 14.8. The summed E-state index contributed by atoms with van der Waals surface area (Å²) in [5.74, 6) is -1.26. The van der Waals surface area contributed by atoms with Crippen molar-refractivity contribution in [2.45, 2.75) is 106 Å². The van der Waals surface area contributed by atoms with E-state index in [9.17, 15) is 31.2 Å². The number of sulfonamides is 1. The van der Waals surface area contributed by atoms with Gasteiger partial charge in [0.1, 0.15) is 17.0 Å². The molecule has 332 valence electrons. The Morgan fingerprint density at radius 1 is 1.00 bits per heavy atom. The molecular weight excluding hydrogens is 843 g/mol. The zero-order chi connectivity index (χ0) is 44.3. The molecule has 3 aliphatic carbocycles. The molecule has 1 N–H and O–H groups in total. The van der Waals surface area contributed by atoms with Crippen molar-refractivity contribution in [3.63, 3.8) is 0 Å². The van der Waals surface area contributed by atoms with E-state index in [0.717, 1.165) is 55.4 Å². The van der Waals surface area contributed by atoms with Crippen LogP contribution in [0.5, 0.6) is 11.5 Å². The Morgan fingerprint density at radius 2 is 1.76 bits per heavy atom. The largest absolute Gasteiger partial charge is 0.494 e. The minimum atomic E-state index is -5.30. The fourth-order valence-electron chi connectivity index (χ4n) is 10.1. The third-order valence-electron chi connectivity index (χ3n) is 13.1. The number of esters is 1. The monoisotopic (exact) mass is 895 g/mol. The molecule has 15 heteroatoms. The summed E-state index contributed by atoms with van der Waals surface area (Å²) in [4.78, 5) is 32.7. The van der Waals surface area contributed by atoms with Crippen molar-refractivity contribution in [3.8, 4) is 11.5 Å². The van der Waals surface area contributed by atoms with E-state index < -0.39 is 39.0 Å². The number of rotatable bonds is 15. The van der Waals surface area contributed by atoms with Crippen LogP contribution in [0.2, 0.25) is 5.02 Å². The van der Waals surface area contributed by atoms with Crippen LogP contribution < -0.4 is 19.1 Å². The van der Waals surface area contributed by atoms with E-state index in [1.807, 2.05) is 24.3 Å². The second-order valence-electron chi connectivity index (χ2n) is 17.0. The summed E-state index contributed by atoms with van der Waals surface area (Å²) in [5, 5.41) is 0.110. The number of aryl methyl sites for hydroxylation is 1. The molecule has 10 nitrogen and oxygen atoms in total. The van der Waals surface area contributed by atoms with E-state index in [1.165, 1.54) is 42.0 Å². The summed E-state index contributed by atoms with van der Waals surface area (Å²) in [7, 11) is -2.56. The van der Waals surface area contributed by atoms with Crippen LogP contribution in [0.4, 0.5) is 18.9 Å². The molecule has 3 aromatic carbocycles. The maximum absolute atomic E-state index is 14.5. The molecule has 0 bridgehead atoms. The van der Waals surface area contributed by atoms with Crippen LogP contribution in [0.15, 0.2) is 90.0 Å². The summed E-state index contributed by atoms with van der Waals surface area (Å²) >= 11 is 6.26. The highest BCUT2D eigenvalue weighted by molar-refractivity contribution is 7.89. The highest BCUT2D eigenvalue weighted by Crippen LogP contribution is 2.58. The lowest BCUT2D eigenvalue weighted by atomic mass is 9.59. The maximum atomic E-state index is 14.5. The predicted octanol–water partition coefficient (Wildman–Crippen LogP) is 9.52. The second kappa shape index (κ2) is 18.6. The summed E-state index contributed by atoms with van der Waals surface area (Å²) in [5.41, 5.74) is 1.59. The number of fused-ring (bicyclic) bond motifs is 3. The highest BCUT2D eigenvalue weighted by atomic mass is 35.5. The lowest BCUT2D eigenvalue weighted by molar-refractivity contribution is -0.174. The van der Waals surface area contributed by atoms with Gasteiger partial charge in [-0.25, -0.2) is 17.9 Å². The molecule has 1 aromatic heterocycles. The van der Waals surface area contributed by atoms with Crippen molar-refractivity contribution < 1.29 is 45.4 Å². The first-order valence-electron chi connectivity index (χ1n) is 21.2. The molecule has 0 radical (unpaired) electrons. The Kier molecular flexibility index (Phi) is 13.6. The SMILES string of the molecule is COC(=O)C1(N(C(=O)C(F)(F)F)c2cccc(Cl)c2)CCC2(CC1)c1cc(OCCCNS(=O)(=O)c3ccccc3)ccc1C[C@@H]2C[C@@H](C)COc1ccnc2c1[C@H](C)CCC2. The third kappa shape index (κ3) is 9.33. The highest BCUT2D eigenvalue weighted by Gasteiger charge is 2.60. The van der Waals surface area contributed by atoms with Gasteiger partial charge in [0.05, 0.1) is 25.2 Å². The van der Waals surface area contributed by atoms with Crippen molar-refractivity contribution in [1.29, 1.82) is 0 Å². The standard InChI is InChI=1S/C47H53ClF3N3O7S/c1-31(30-61-41-18-24-52-40-15-7-10-32(2)42(40)41)26-34-27-33-16-17-37(60-25-9-23-53-62(57,58)38-13-5-4-6-14-38)29-39(33)45(34)19-21-46(22-20-45,44(56)59-3)54(43(55)47(49,50)51)36-12-8-11-35(48)28-36/h4-6,8,11-14,16-18,24,28-29,31-32,34,53H,7,9-10,15,19-23,25-27,30H2,1-3H3/t31-,32-,34+,45?,46?/m1/s1. The van der Waals surface area contributed by atoms with Gasteiger partial charge in [0, 0.05) is 34.7 Å². The zero-order valence-electron chi connectivity index (χ0n) is 35.2. The number of methoxy groups -OCH3 is 1. The van der Waals surface area contributed by atoms with Crippen molar-refractivity contribution in [3.05, 3.63) is 112 Å². The molecular formula is C47H53ClF3N3O7S. The molecule has 3 atom stereocenters. The topological polar surface area (TPSA) is 124 Å². The number of carbonyl (C=O) groups is 2. The van der Waals surface area contributed by atoms with Crippen molar-refractivity contribution in [1.82, 2.24) is 9.71 Å². The summed E-state index contributed by atoms with van der Waals surface area (Å²) < 4.78 is 89.4. The molecule has 3 aliphatic rings. The first-order valence-corrected chi connectivity index (χ1v) is 23.1. The summed E-state index contributed by atoms with van der Waals surface area (Å²) in [6, 6.07) is 21.5. The van der Waals surface area contributed by atoms with Crippen molar-refractivity contribution >= 4 is 39.2 Å². The van der Waals surface area contributed by atoms with E-state index in [0.29, 0.717) is 36.0 Å². The predicted molar refractivity (Wildman–Crippen MR) is 230 cm³/mol. The summed E-state index contributed by atoms with van der Waals surface area (Å²) in [6.07, 6.45) is 1.72. The molecule has 1 saturated carbocycles. The molecule has 7 rings (SSSR count). The molecule has 0 aliphatic heterocycles. The minimum absolute atomic E-state index is 0.0117. The van der Waals surface area contributed by atoms with Crippen LogP contribution in [0.1, 0.15) is 93.5 Å². The molecule has 62 heavy (non-hydrogen) atoms. The van der Waals surface area contributed by atoms with Gasteiger partial charge in [-0.15, -0.1) is 0 Å². The Morgan fingerprint density at radius 3 is 2.47 bits per heavy atom. The molecule has 4 aromatic rings. The number of nitrogens with zero attached hydrogens (tertiary/aromatic N) is 2. The number of nitrogens with one attached hydrogen (secondary N) is 1. The van der Waals surface area contributed by atoms with Crippen molar-refractivity contribution in [2.75, 3.05) is 31.8 Å². The van der Waals surface area contributed by atoms with E-state index >= 15 is 0 Å². The Balaban J connectivity index is 1.16. The maximum Gasteiger partial charge on any atom is 0.471 e. The van der Waals surface area contributed by atoms with Crippen LogP contribution >= 0.6 is 11.6 Å². The van der Waals surface area contributed by atoms with Gasteiger partial charge in [-0.1, -0.05) is 55.8 Å². The number of anilines is 1. The second-order valence-corrected chi connectivity index (χ2v) is 19.2. The van der Waals surface area contributed by atoms with Gasteiger partial charge in [-0.3, -0.25) is 14.7 Å². The number of benzene rings is 3. The van der Waals surface area contributed by atoms with Gasteiger partial charge in [0.2, 0.25) is 10.0 Å². The molecule has 0 unspecified atom stereocenters. The Labute approximate surface area is 366 Å². The number of amides is 1. The van der Waals surface area contributed by atoms with Crippen LogP contribution in [-0.2, 0) is 42.6 Å². The first kappa shape index (κ1) is 45.4. The first-order chi connectivity index (χ1) is 29.6. The molecule has 1 heterocycles. The lowest BCUT2D eigenvalue weighted by Gasteiger charge is -2.51. The van der Waals surface area contributed by atoms with Crippen LogP contribution in [0.3, 0.4) is 0 Å². The average Bonchev–Trinajstić information content (AvgIpc) is 3.54. The molecule has 0 saturated heterocycles. The van der Waals surface area contributed by atoms with Crippen LogP contribution in [0.25, 0.3) is 0 Å². The van der Waals surface area contributed by atoms with Gasteiger partial charge in [-0.05, 0) is 147 Å². The molecule has 1 spiro atoms. The minimum Gasteiger partial charge on any atom is -0.494 e. The van der Waals surface area contributed by atoms with E-state index in [4.69, 9.17) is 25.8 Å². The number of hydrogen-bond acceptors (Lipinski definition) is 8. The van der Waals surface area contributed by atoms with Gasteiger partial charge in [0.15, 0.2) is 0 Å². The quantitative estimate of drug-likeness (QED) is 0.0925. The van der Waals surface area contributed by atoms with E-state index in [1.54, 1.807) is 24.4 Å². The number of ether oxygens (including phenoxy) is 3. The number of hydrogen-bond donors (Lipinski definition) is 1.